The second-order valence-corrected chi connectivity index (χ2v) is 3.88. The summed E-state index contributed by atoms with van der Waals surface area (Å²) in [6.45, 7) is 0. The largest absolute Gasteiger partial charge is 0.311 e. The average molecular weight is 191 g/mol. The van der Waals surface area contributed by atoms with Crippen LogP contribution >= 0.6 is 0 Å². The molecule has 1 aromatic rings. The van der Waals surface area contributed by atoms with Crippen molar-refractivity contribution in [2.75, 3.05) is 0 Å². The molecular formula is C11H17N3. The number of benzene rings is 1. The lowest BCUT2D eigenvalue weighted by Gasteiger charge is -2.18. The maximum Gasteiger partial charge on any atom is 0.0936 e. The summed E-state index contributed by atoms with van der Waals surface area (Å²) in [7, 11) is 0. The molecule has 0 radical (unpaired) electrons. The van der Waals surface area contributed by atoms with Crippen molar-refractivity contribution in [1.29, 1.82) is 0 Å². The summed E-state index contributed by atoms with van der Waals surface area (Å²) in [5.41, 5.74) is 12.4. The summed E-state index contributed by atoms with van der Waals surface area (Å²) in [6.07, 6.45) is 4.75. The van der Waals surface area contributed by atoms with E-state index >= 15 is 0 Å². The molecule has 1 aromatic carbocycles. The van der Waals surface area contributed by atoms with E-state index in [9.17, 15) is 0 Å². The topological polar surface area (TPSA) is 64.1 Å². The van der Waals surface area contributed by atoms with Crippen molar-refractivity contribution < 1.29 is 0 Å². The molecule has 1 aliphatic carbocycles. The Kier molecular flexibility index (Phi) is 2.82. The molecule has 0 bridgehead atoms. The van der Waals surface area contributed by atoms with Crippen LogP contribution in [0.3, 0.4) is 0 Å². The Hall–Kier alpha value is -0.900. The number of nitrogens with one attached hydrogen (secondary N) is 1. The molecule has 14 heavy (non-hydrogen) atoms. The molecule has 0 aromatic heterocycles. The molecule has 0 amide bonds. The number of hydrazine groups is 1. The van der Waals surface area contributed by atoms with Crippen LogP contribution in [0.4, 0.5) is 0 Å². The second-order valence-electron chi connectivity index (χ2n) is 3.88. The first-order chi connectivity index (χ1) is 6.81. The number of aryl methyl sites for hydroxylation is 2. The van der Waals surface area contributed by atoms with Crippen molar-refractivity contribution in [3.05, 3.63) is 34.9 Å². The third-order valence-corrected chi connectivity index (χ3v) is 2.91. The normalized spacial score (nSPS) is 17.6. The van der Waals surface area contributed by atoms with Crippen molar-refractivity contribution in [1.82, 2.24) is 5.43 Å². The Balaban J connectivity index is 2.29. The molecule has 1 aliphatic rings. The molecule has 76 valence electrons. The monoisotopic (exact) mass is 191 g/mol. The van der Waals surface area contributed by atoms with Gasteiger partial charge < -0.3 is 5.73 Å². The molecule has 3 heteroatoms. The summed E-state index contributed by atoms with van der Waals surface area (Å²) >= 11 is 0. The number of hydrogen-bond acceptors (Lipinski definition) is 3. The minimum absolute atomic E-state index is 0.248. The molecule has 2 rings (SSSR count). The second kappa shape index (κ2) is 4.09. The molecule has 0 saturated heterocycles. The van der Waals surface area contributed by atoms with E-state index in [1.54, 1.807) is 0 Å². The van der Waals surface area contributed by atoms with E-state index in [2.05, 4.69) is 23.6 Å². The molecule has 0 fully saturated rings. The predicted molar refractivity (Wildman–Crippen MR) is 57.3 cm³/mol. The molecular weight excluding hydrogens is 174 g/mol. The van der Waals surface area contributed by atoms with Crippen molar-refractivity contribution in [2.45, 2.75) is 31.8 Å². The highest BCUT2D eigenvalue weighted by atomic mass is 15.3. The smallest absolute Gasteiger partial charge is 0.0936 e. The number of fused-ring (bicyclic) bond motifs is 1. The van der Waals surface area contributed by atoms with Crippen molar-refractivity contribution in [3.8, 4) is 0 Å². The van der Waals surface area contributed by atoms with Gasteiger partial charge in [-0.05, 0) is 42.4 Å². The highest BCUT2D eigenvalue weighted by molar-refractivity contribution is 5.34. The van der Waals surface area contributed by atoms with Gasteiger partial charge in [-0.1, -0.05) is 18.2 Å². The lowest BCUT2D eigenvalue weighted by atomic mass is 9.90. The number of nitrogens with two attached hydrogens (primary N) is 2. The van der Waals surface area contributed by atoms with Gasteiger partial charge in [-0.2, -0.15) is 0 Å². The minimum Gasteiger partial charge on any atom is -0.311 e. The zero-order chi connectivity index (χ0) is 9.97. The minimum atomic E-state index is -0.248. The molecule has 0 spiro atoms. The molecule has 5 N–H and O–H groups in total. The zero-order valence-corrected chi connectivity index (χ0v) is 8.29. The Morgan fingerprint density at radius 2 is 1.86 bits per heavy atom. The number of rotatable bonds is 2. The fourth-order valence-electron chi connectivity index (χ4n) is 2.04. The van der Waals surface area contributed by atoms with Crippen LogP contribution in [-0.2, 0) is 12.8 Å². The Morgan fingerprint density at radius 3 is 2.57 bits per heavy atom. The number of hydrogen-bond donors (Lipinski definition) is 3. The SMILES string of the molecule is NNC(N)c1ccc2c(c1)CCCC2. The van der Waals surface area contributed by atoms with Crippen molar-refractivity contribution >= 4 is 0 Å². The lowest BCUT2D eigenvalue weighted by Crippen LogP contribution is -2.34. The fourth-order valence-corrected chi connectivity index (χ4v) is 2.04. The summed E-state index contributed by atoms with van der Waals surface area (Å²) in [6, 6.07) is 6.43. The summed E-state index contributed by atoms with van der Waals surface area (Å²) in [5.74, 6) is 5.31. The summed E-state index contributed by atoms with van der Waals surface area (Å²) in [4.78, 5) is 0. The third kappa shape index (κ3) is 1.80. The van der Waals surface area contributed by atoms with Crippen LogP contribution in [0.15, 0.2) is 18.2 Å². The first-order valence-corrected chi connectivity index (χ1v) is 5.14. The van der Waals surface area contributed by atoms with Gasteiger partial charge in [0.1, 0.15) is 0 Å². The van der Waals surface area contributed by atoms with Gasteiger partial charge in [0.05, 0.1) is 6.17 Å². The maximum atomic E-state index is 5.79. The fraction of sp³-hybridized carbons (Fsp3) is 0.455. The highest BCUT2D eigenvalue weighted by Crippen LogP contribution is 2.23. The van der Waals surface area contributed by atoms with Crippen molar-refractivity contribution in [2.24, 2.45) is 11.6 Å². The molecule has 0 aliphatic heterocycles. The summed E-state index contributed by atoms with van der Waals surface area (Å²) in [5, 5.41) is 0. The van der Waals surface area contributed by atoms with Gasteiger partial charge in [-0.3, -0.25) is 5.84 Å². The van der Waals surface area contributed by atoms with Gasteiger partial charge in [0.25, 0.3) is 0 Å². The quantitative estimate of drug-likeness (QED) is 0.371. The van der Waals surface area contributed by atoms with Gasteiger partial charge in [0, 0.05) is 0 Å². The van der Waals surface area contributed by atoms with Gasteiger partial charge >= 0.3 is 0 Å². The first kappa shape index (κ1) is 9.65. The third-order valence-electron chi connectivity index (χ3n) is 2.91. The van der Waals surface area contributed by atoms with E-state index in [0.29, 0.717) is 0 Å². The van der Waals surface area contributed by atoms with E-state index in [1.165, 1.54) is 36.8 Å². The molecule has 1 unspecified atom stereocenters. The van der Waals surface area contributed by atoms with E-state index in [-0.39, 0.29) is 6.17 Å². The van der Waals surface area contributed by atoms with Crippen LogP contribution in [0.2, 0.25) is 0 Å². The van der Waals surface area contributed by atoms with Gasteiger partial charge in [0.2, 0.25) is 0 Å². The Morgan fingerprint density at radius 1 is 1.14 bits per heavy atom. The van der Waals surface area contributed by atoms with Gasteiger partial charge in [-0.25, -0.2) is 5.43 Å². The molecule has 0 saturated carbocycles. The van der Waals surface area contributed by atoms with Gasteiger partial charge in [0.15, 0.2) is 0 Å². The first-order valence-electron chi connectivity index (χ1n) is 5.14. The van der Waals surface area contributed by atoms with Crippen LogP contribution in [0.5, 0.6) is 0 Å². The van der Waals surface area contributed by atoms with Crippen LogP contribution in [0, 0.1) is 0 Å². The predicted octanol–water partition coefficient (Wildman–Crippen LogP) is 0.986. The van der Waals surface area contributed by atoms with E-state index in [0.717, 1.165) is 5.56 Å². The molecule has 0 heterocycles. The standard InChI is InChI=1S/C11H17N3/c12-11(14-13)10-6-5-8-3-1-2-4-9(8)7-10/h5-7,11,14H,1-4,12-13H2. The van der Waals surface area contributed by atoms with E-state index < -0.39 is 0 Å². The maximum absolute atomic E-state index is 5.79. The van der Waals surface area contributed by atoms with E-state index in [4.69, 9.17) is 11.6 Å². The zero-order valence-electron chi connectivity index (χ0n) is 8.29. The summed E-state index contributed by atoms with van der Waals surface area (Å²) < 4.78 is 0. The van der Waals surface area contributed by atoms with Crippen LogP contribution in [0.1, 0.15) is 35.7 Å². The average Bonchev–Trinajstić information content (AvgIpc) is 2.27. The van der Waals surface area contributed by atoms with Crippen LogP contribution in [0.25, 0.3) is 0 Å². The Bertz CT molecular complexity index is 322. The lowest BCUT2D eigenvalue weighted by molar-refractivity contribution is 0.574. The molecule has 1 atom stereocenters. The van der Waals surface area contributed by atoms with Crippen LogP contribution in [-0.4, -0.2) is 0 Å². The highest BCUT2D eigenvalue weighted by Gasteiger charge is 2.11. The molecule has 3 nitrogen and oxygen atoms in total. The van der Waals surface area contributed by atoms with Gasteiger partial charge in [-0.15, -0.1) is 0 Å². The van der Waals surface area contributed by atoms with E-state index in [1.807, 2.05) is 0 Å². The van der Waals surface area contributed by atoms with Crippen LogP contribution < -0.4 is 17.0 Å². The van der Waals surface area contributed by atoms with Crippen molar-refractivity contribution in [3.63, 3.8) is 0 Å². The Labute approximate surface area is 84.5 Å².